The molecule has 1 saturated heterocycles. The van der Waals surface area contributed by atoms with E-state index < -0.39 is 0 Å². The lowest BCUT2D eigenvalue weighted by molar-refractivity contribution is -0.124. The van der Waals surface area contributed by atoms with Crippen molar-refractivity contribution in [2.75, 3.05) is 17.2 Å². The summed E-state index contributed by atoms with van der Waals surface area (Å²) >= 11 is 1.52. The van der Waals surface area contributed by atoms with Crippen LogP contribution in [0.3, 0.4) is 0 Å². The van der Waals surface area contributed by atoms with Crippen molar-refractivity contribution in [1.82, 2.24) is 0 Å². The summed E-state index contributed by atoms with van der Waals surface area (Å²) in [6.07, 6.45) is 1.34. The summed E-state index contributed by atoms with van der Waals surface area (Å²) in [6.45, 7) is 2.52. The minimum Gasteiger partial charge on any atom is -0.368 e. The minimum absolute atomic E-state index is 0.00916. The minimum atomic E-state index is -0.352. The Labute approximate surface area is 121 Å². The quantitative estimate of drug-likeness (QED) is 0.877. The molecule has 1 aromatic rings. The van der Waals surface area contributed by atoms with E-state index in [4.69, 9.17) is 4.74 Å². The van der Waals surface area contributed by atoms with Crippen LogP contribution in [0.15, 0.2) is 23.1 Å². The average Bonchev–Trinajstić information content (AvgIpc) is 2.94. The largest absolute Gasteiger partial charge is 0.368 e. The second kappa shape index (κ2) is 5.46. The molecule has 0 saturated carbocycles. The number of rotatable bonds is 2. The lowest BCUT2D eigenvalue weighted by Gasteiger charge is -2.22. The van der Waals surface area contributed by atoms with Crippen LogP contribution in [0.5, 0.6) is 0 Å². The number of fused-ring (bicyclic) bond motifs is 1. The molecule has 0 bridgehead atoms. The fraction of sp³-hybridized carbons (Fsp3) is 0.429. The van der Waals surface area contributed by atoms with Crippen molar-refractivity contribution in [3.05, 3.63) is 18.2 Å². The van der Waals surface area contributed by atoms with Gasteiger partial charge in [0.25, 0.3) is 5.91 Å². The highest BCUT2D eigenvalue weighted by molar-refractivity contribution is 8.00. The van der Waals surface area contributed by atoms with Gasteiger partial charge in [-0.1, -0.05) is 0 Å². The molecule has 20 heavy (non-hydrogen) atoms. The number of benzene rings is 1. The van der Waals surface area contributed by atoms with Gasteiger partial charge in [0.05, 0.1) is 10.9 Å². The van der Waals surface area contributed by atoms with E-state index in [-0.39, 0.29) is 23.2 Å². The van der Waals surface area contributed by atoms with Gasteiger partial charge in [-0.2, -0.15) is 0 Å². The van der Waals surface area contributed by atoms with Crippen LogP contribution in [0.25, 0.3) is 0 Å². The lowest BCUT2D eigenvalue weighted by atomic mass is 10.2. The van der Waals surface area contributed by atoms with Gasteiger partial charge in [0.1, 0.15) is 6.10 Å². The second-order valence-electron chi connectivity index (χ2n) is 4.95. The van der Waals surface area contributed by atoms with E-state index in [1.165, 1.54) is 11.8 Å². The van der Waals surface area contributed by atoms with Crippen LogP contribution in [0.1, 0.15) is 19.8 Å². The molecular weight excluding hydrogens is 276 g/mol. The van der Waals surface area contributed by atoms with Crippen LogP contribution in [0, 0.1) is 0 Å². The Bertz CT molecular complexity index is 555. The summed E-state index contributed by atoms with van der Waals surface area (Å²) in [5.41, 5.74) is 1.43. The van der Waals surface area contributed by atoms with Gasteiger partial charge in [0.15, 0.2) is 0 Å². The summed E-state index contributed by atoms with van der Waals surface area (Å²) < 4.78 is 5.34. The van der Waals surface area contributed by atoms with Gasteiger partial charge in [-0.25, -0.2) is 0 Å². The molecule has 2 aliphatic heterocycles. The molecule has 2 atom stereocenters. The highest BCUT2D eigenvalue weighted by Crippen LogP contribution is 2.37. The summed E-state index contributed by atoms with van der Waals surface area (Å²) in [4.78, 5) is 24.7. The maximum absolute atomic E-state index is 12.0. The van der Waals surface area contributed by atoms with Gasteiger partial charge >= 0.3 is 0 Å². The number of carbonyl (C=O) groups excluding carboxylic acids is 2. The molecular formula is C14H16N2O3S. The topological polar surface area (TPSA) is 67.4 Å². The van der Waals surface area contributed by atoms with E-state index in [0.717, 1.165) is 23.4 Å². The molecule has 0 radical (unpaired) electrons. The van der Waals surface area contributed by atoms with Gasteiger partial charge in [-0.05, 0) is 38.0 Å². The van der Waals surface area contributed by atoms with Crippen molar-refractivity contribution in [3.8, 4) is 0 Å². The van der Waals surface area contributed by atoms with Crippen molar-refractivity contribution in [1.29, 1.82) is 0 Å². The summed E-state index contributed by atoms with van der Waals surface area (Å²) in [7, 11) is 0. The summed E-state index contributed by atoms with van der Waals surface area (Å²) in [6, 6.07) is 5.56. The summed E-state index contributed by atoms with van der Waals surface area (Å²) in [5, 5.41) is 5.60. The van der Waals surface area contributed by atoms with E-state index in [2.05, 4.69) is 10.6 Å². The third-order valence-electron chi connectivity index (χ3n) is 3.40. The third kappa shape index (κ3) is 2.66. The maximum atomic E-state index is 12.0. The fourth-order valence-corrected chi connectivity index (χ4v) is 3.22. The van der Waals surface area contributed by atoms with Crippen LogP contribution in [-0.4, -0.2) is 29.8 Å². The Morgan fingerprint density at radius 2 is 2.35 bits per heavy atom. The number of hydrogen-bond acceptors (Lipinski definition) is 4. The standard InChI is InChI=1S/C14H16N2O3S/c1-8-13(17)16-10-7-9(4-5-12(10)20-8)15-14(18)11-3-2-6-19-11/h4-5,7-8,11H,2-3,6H2,1H3,(H,15,18)(H,16,17). The first-order chi connectivity index (χ1) is 9.63. The van der Waals surface area contributed by atoms with E-state index in [1.54, 1.807) is 6.07 Å². The number of nitrogens with one attached hydrogen (secondary N) is 2. The zero-order valence-corrected chi connectivity index (χ0v) is 12.0. The van der Waals surface area contributed by atoms with Crippen molar-refractivity contribution in [3.63, 3.8) is 0 Å². The Balaban J connectivity index is 1.74. The molecule has 6 heteroatoms. The number of hydrogen-bond donors (Lipinski definition) is 2. The van der Waals surface area contributed by atoms with Crippen LogP contribution in [0.2, 0.25) is 0 Å². The second-order valence-corrected chi connectivity index (χ2v) is 6.33. The molecule has 2 heterocycles. The van der Waals surface area contributed by atoms with E-state index in [0.29, 0.717) is 12.3 Å². The van der Waals surface area contributed by atoms with Crippen LogP contribution < -0.4 is 10.6 Å². The molecule has 2 N–H and O–H groups in total. The first-order valence-corrected chi connectivity index (χ1v) is 7.55. The van der Waals surface area contributed by atoms with Crippen molar-refractivity contribution in [2.45, 2.75) is 36.0 Å². The normalized spacial score (nSPS) is 24.9. The molecule has 0 aliphatic carbocycles. The highest BCUT2D eigenvalue weighted by Gasteiger charge is 2.25. The monoisotopic (exact) mass is 292 g/mol. The summed E-state index contributed by atoms with van der Waals surface area (Å²) in [5.74, 6) is -0.129. The maximum Gasteiger partial charge on any atom is 0.253 e. The third-order valence-corrected chi connectivity index (χ3v) is 4.58. The van der Waals surface area contributed by atoms with E-state index >= 15 is 0 Å². The molecule has 1 aromatic carbocycles. The van der Waals surface area contributed by atoms with Gasteiger partial charge in [0, 0.05) is 17.2 Å². The lowest BCUT2D eigenvalue weighted by Crippen LogP contribution is -2.28. The highest BCUT2D eigenvalue weighted by atomic mass is 32.2. The van der Waals surface area contributed by atoms with Crippen molar-refractivity contribution < 1.29 is 14.3 Å². The molecule has 2 aliphatic rings. The predicted octanol–water partition coefficient (Wildman–Crippen LogP) is 2.24. The molecule has 2 amide bonds. The van der Waals surface area contributed by atoms with Crippen molar-refractivity contribution in [2.24, 2.45) is 0 Å². The zero-order valence-electron chi connectivity index (χ0n) is 11.1. The average molecular weight is 292 g/mol. The number of amides is 2. The number of anilines is 2. The smallest absolute Gasteiger partial charge is 0.253 e. The fourth-order valence-electron chi connectivity index (χ4n) is 2.29. The Morgan fingerprint density at radius 3 is 3.10 bits per heavy atom. The SMILES string of the molecule is CC1Sc2ccc(NC(=O)C3CCCO3)cc2NC1=O. The van der Waals surface area contributed by atoms with Gasteiger partial charge < -0.3 is 15.4 Å². The molecule has 0 spiro atoms. The van der Waals surface area contributed by atoms with Crippen LogP contribution in [-0.2, 0) is 14.3 Å². The predicted molar refractivity (Wildman–Crippen MR) is 78.0 cm³/mol. The Hall–Kier alpha value is -1.53. The molecule has 106 valence electrons. The van der Waals surface area contributed by atoms with E-state index in [9.17, 15) is 9.59 Å². The first kappa shape index (κ1) is 13.5. The van der Waals surface area contributed by atoms with Gasteiger partial charge in [0.2, 0.25) is 5.91 Å². The van der Waals surface area contributed by atoms with Crippen molar-refractivity contribution >= 4 is 35.0 Å². The van der Waals surface area contributed by atoms with Crippen LogP contribution in [0.4, 0.5) is 11.4 Å². The molecule has 2 unspecified atom stereocenters. The number of ether oxygens (including phenoxy) is 1. The first-order valence-electron chi connectivity index (χ1n) is 6.67. The molecule has 1 fully saturated rings. The number of thioether (sulfide) groups is 1. The molecule has 0 aromatic heterocycles. The molecule has 5 nitrogen and oxygen atoms in total. The van der Waals surface area contributed by atoms with Crippen LogP contribution >= 0.6 is 11.8 Å². The van der Waals surface area contributed by atoms with Gasteiger partial charge in [-0.3, -0.25) is 9.59 Å². The van der Waals surface area contributed by atoms with E-state index in [1.807, 2.05) is 19.1 Å². The Kier molecular flexibility index (Phi) is 3.67. The molecule has 3 rings (SSSR count). The van der Waals surface area contributed by atoms with Gasteiger partial charge in [-0.15, -0.1) is 11.8 Å². The Morgan fingerprint density at radius 1 is 1.50 bits per heavy atom. The zero-order chi connectivity index (χ0) is 14.1. The number of carbonyl (C=O) groups is 2.